The van der Waals surface area contributed by atoms with Crippen molar-refractivity contribution in [3.8, 4) is 0 Å². The van der Waals surface area contributed by atoms with Gasteiger partial charge in [-0.15, -0.1) is 0 Å². The lowest BCUT2D eigenvalue weighted by atomic mass is 9.81. The molecule has 0 bridgehead atoms. The van der Waals surface area contributed by atoms with Crippen molar-refractivity contribution in [2.75, 3.05) is 12.4 Å². The Labute approximate surface area is 180 Å². The summed E-state index contributed by atoms with van der Waals surface area (Å²) in [7, 11) is 1.18. The zero-order valence-electron chi connectivity index (χ0n) is 18.6. The number of alkyl carbamates (subject to hydrolysis) is 1. The van der Waals surface area contributed by atoms with E-state index in [4.69, 9.17) is 4.74 Å². The molecule has 1 unspecified atom stereocenters. The maximum Gasteiger partial charge on any atom is 0.418 e. The second-order valence-electron chi connectivity index (χ2n) is 8.95. The summed E-state index contributed by atoms with van der Waals surface area (Å²) in [5.41, 5.74) is -1.57. The van der Waals surface area contributed by atoms with E-state index in [1.54, 1.807) is 20.8 Å². The molecular weight excluding hydrogens is 413 g/mol. The minimum atomic E-state index is -4.57. The number of ether oxygens (including phenoxy) is 2. The Morgan fingerprint density at radius 2 is 1.84 bits per heavy atom. The summed E-state index contributed by atoms with van der Waals surface area (Å²) in [5.74, 6) is -0.666. The smallest absolute Gasteiger partial charge is 0.418 e. The third-order valence-electron chi connectivity index (χ3n) is 5.27. The largest absolute Gasteiger partial charge is 0.465 e. The van der Waals surface area contributed by atoms with Gasteiger partial charge in [0.25, 0.3) is 0 Å². The van der Waals surface area contributed by atoms with Crippen LogP contribution >= 0.6 is 0 Å². The Morgan fingerprint density at radius 3 is 2.42 bits per heavy atom. The number of halogens is 3. The standard InChI is InChI=1S/C22H31F3N2O4/c1-13(14-7-6-8-16(11-14)27-20(29)31-21(2,3)4)26-18-12-15(19(28)30-5)9-10-17(18)22(23,24)25/h9-10,12-14,16,26H,6-8,11H2,1-5H3,(H,27,29)/t13?,14-,16+/m1/s1. The Bertz CT molecular complexity index is 790. The number of rotatable bonds is 5. The SMILES string of the molecule is COC(=O)c1ccc(C(F)(F)F)c(NC(C)[C@@H]2CCC[C@H](NC(=O)OC(C)(C)C)C2)c1. The zero-order valence-corrected chi connectivity index (χ0v) is 18.6. The zero-order chi connectivity index (χ0) is 23.4. The van der Waals surface area contributed by atoms with Gasteiger partial charge in [0.05, 0.1) is 18.2 Å². The van der Waals surface area contributed by atoms with Crippen molar-refractivity contribution in [3.63, 3.8) is 0 Å². The summed E-state index contributed by atoms with van der Waals surface area (Å²) in [6.45, 7) is 7.15. The van der Waals surface area contributed by atoms with E-state index in [-0.39, 0.29) is 29.3 Å². The molecule has 174 valence electrons. The molecule has 0 radical (unpaired) electrons. The van der Waals surface area contributed by atoms with E-state index in [1.165, 1.54) is 13.2 Å². The minimum absolute atomic E-state index is 0.0385. The fourth-order valence-corrected chi connectivity index (χ4v) is 3.81. The van der Waals surface area contributed by atoms with Gasteiger partial charge in [-0.1, -0.05) is 6.42 Å². The van der Waals surface area contributed by atoms with Gasteiger partial charge in [0.15, 0.2) is 0 Å². The minimum Gasteiger partial charge on any atom is -0.465 e. The summed E-state index contributed by atoms with van der Waals surface area (Å²) in [6, 6.07) is 2.74. The van der Waals surface area contributed by atoms with Crippen LogP contribution in [-0.2, 0) is 15.7 Å². The van der Waals surface area contributed by atoms with Gasteiger partial charge in [0.1, 0.15) is 5.60 Å². The number of hydrogen-bond donors (Lipinski definition) is 2. The number of benzene rings is 1. The van der Waals surface area contributed by atoms with E-state index in [2.05, 4.69) is 15.4 Å². The summed E-state index contributed by atoms with van der Waals surface area (Å²) in [6.07, 6.45) is -2.00. The second-order valence-corrected chi connectivity index (χ2v) is 8.95. The van der Waals surface area contributed by atoms with Gasteiger partial charge in [-0.25, -0.2) is 9.59 Å². The molecule has 0 heterocycles. The van der Waals surface area contributed by atoms with Crippen LogP contribution in [0.15, 0.2) is 18.2 Å². The van der Waals surface area contributed by atoms with Gasteiger partial charge in [-0.3, -0.25) is 0 Å². The first-order valence-corrected chi connectivity index (χ1v) is 10.4. The highest BCUT2D eigenvalue weighted by Crippen LogP contribution is 2.37. The van der Waals surface area contributed by atoms with Gasteiger partial charge in [-0.2, -0.15) is 13.2 Å². The highest BCUT2D eigenvalue weighted by molar-refractivity contribution is 5.90. The lowest BCUT2D eigenvalue weighted by Gasteiger charge is -2.35. The Hall–Kier alpha value is -2.45. The number of alkyl halides is 3. The van der Waals surface area contributed by atoms with Crippen molar-refractivity contribution in [3.05, 3.63) is 29.3 Å². The lowest BCUT2D eigenvalue weighted by molar-refractivity contribution is -0.137. The van der Waals surface area contributed by atoms with Crippen LogP contribution in [0.5, 0.6) is 0 Å². The third kappa shape index (κ3) is 7.33. The van der Waals surface area contributed by atoms with Crippen LogP contribution < -0.4 is 10.6 Å². The van der Waals surface area contributed by atoms with Crippen molar-refractivity contribution in [2.24, 2.45) is 5.92 Å². The number of hydrogen-bond acceptors (Lipinski definition) is 5. The molecule has 3 atom stereocenters. The van der Waals surface area contributed by atoms with Gasteiger partial charge in [0, 0.05) is 17.8 Å². The number of nitrogens with one attached hydrogen (secondary N) is 2. The van der Waals surface area contributed by atoms with Crippen LogP contribution in [0, 0.1) is 5.92 Å². The van der Waals surface area contributed by atoms with E-state index in [0.29, 0.717) is 6.42 Å². The maximum atomic E-state index is 13.5. The van der Waals surface area contributed by atoms with Crippen LogP contribution in [0.3, 0.4) is 0 Å². The molecule has 0 aromatic heterocycles. The van der Waals surface area contributed by atoms with Crippen molar-refractivity contribution < 1.29 is 32.2 Å². The van der Waals surface area contributed by atoms with Crippen molar-refractivity contribution >= 4 is 17.7 Å². The summed E-state index contributed by atoms with van der Waals surface area (Å²) < 4.78 is 50.4. The van der Waals surface area contributed by atoms with Crippen LogP contribution in [0.25, 0.3) is 0 Å². The number of esters is 1. The van der Waals surface area contributed by atoms with Gasteiger partial charge in [0.2, 0.25) is 0 Å². The predicted octanol–water partition coefficient (Wildman–Crippen LogP) is 5.38. The molecule has 0 aliphatic heterocycles. The third-order valence-corrected chi connectivity index (χ3v) is 5.27. The fraction of sp³-hybridized carbons (Fsp3) is 0.636. The van der Waals surface area contributed by atoms with E-state index < -0.39 is 29.4 Å². The number of methoxy groups -OCH3 is 1. The van der Waals surface area contributed by atoms with E-state index in [9.17, 15) is 22.8 Å². The molecular formula is C22H31F3N2O4. The molecule has 0 spiro atoms. The van der Waals surface area contributed by atoms with Gasteiger partial charge < -0.3 is 20.1 Å². The summed E-state index contributed by atoms with van der Waals surface area (Å²) in [4.78, 5) is 23.8. The molecule has 1 amide bonds. The van der Waals surface area contributed by atoms with Gasteiger partial charge in [-0.05, 0) is 71.1 Å². The predicted molar refractivity (Wildman–Crippen MR) is 111 cm³/mol. The fourth-order valence-electron chi connectivity index (χ4n) is 3.81. The molecule has 9 heteroatoms. The second kappa shape index (κ2) is 9.78. The number of carbonyl (C=O) groups is 2. The first-order chi connectivity index (χ1) is 14.3. The summed E-state index contributed by atoms with van der Waals surface area (Å²) >= 11 is 0. The molecule has 1 saturated carbocycles. The first-order valence-electron chi connectivity index (χ1n) is 10.4. The first kappa shape index (κ1) is 24.8. The molecule has 1 aliphatic rings. The molecule has 1 fully saturated rings. The monoisotopic (exact) mass is 444 g/mol. The molecule has 31 heavy (non-hydrogen) atoms. The highest BCUT2D eigenvalue weighted by Gasteiger charge is 2.35. The van der Waals surface area contributed by atoms with E-state index in [0.717, 1.165) is 31.4 Å². The highest BCUT2D eigenvalue weighted by atomic mass is 19.4. The van der Waals surface area contributed by atoms with Crippen molar-refractivity contribution in [1.82, 2.24) is 5.32 Å². The topological polar surface area (TPSA) is 76.7 Å². The molecule has 0 saturated heterocycles. The number of amides is 1. The van der Waals surface area contributed by atoms with E-state index >= 15 is 0 Å². The van der Waals surface area contributed by atoms with Crippen LogP contribution in [0.2, 0.25) is 0 Å². The molecule has 1 aliphatic carbocycles. The average molecular weight is 444 g/mol. The van der Waals surface area contributed by atoms with Crippen LogP contribution in [0.1, 0.15) is 69.3 Å². The molecule has 1 aromatic carbocycles. The van der Waals surface area contributed by atoms with Crippen LogP contribution in [-0.4, -0.2) is 36.9 Å². The van der Waals surface area contributed by atoms with Gasteiger partial charge >= 0.3 is 18.2 Å². The Morgan fingerprint density at radius 1 is 1.16 bits per heavy atom. The molecule has 2 rings (SSSR count). The molecule has 6 nitrogen and oxygen atoms in total. The lowest BCUT2D eigenvalue weighted by Crippen LogP contribution is -2.43. The van der Waals surface area contributed by atoms with E-state index in [1.807, 2.05) is 6.92 Å². The molecule has 2 N–H and O–H groups in total. The van der Waals surface area contributed by atoms with Crippen LogP contribution in [0.4, 0.5) is 23.7 Å². The van der Waals surface area contributed by atoms with Crippen molar-refractivity contribution in [2.45, 2.75) is 77.2 Å². The number of anilines is 1. The number of carbonyl (C=O) groups excluding carboxylic acids is 2. The Kier molecular flexibility index (Phi) is 7.83. The summed E-state index contributed by atoms with van der Waals surface area (Å²) in [5, 5.41) is 5.81. The maximum absolute atomic E-state index is 13.5. The normalized spacial score (nSPS) is 20.5. The Balaban J connectivity index is 2.12. The molecule has 1 aromatic rings. The quantitative estimate of drug-likeness (QED) is 0.597. The average Bonchev–Trinajstić information content (AvgIpc) is 2.65. The van der Waals surface area contributed by atoms with Crippen molar-refractivity contribution in [1.29, 1.82) is 0 Å².